The van der Waals surface area contributed by atoms with Gasteiger partial charge in [0.25, 0.3) is 0 Å². The summed E-state index contributed by atoms with van der Waals surface area (Å²) in [6.45, 7) is 6.56. The van der Waals surface area contributed by atoms with E-state index in [0.717, 1.165) is 0 Å². The van der Waals surface area contributed by atoms with Gasteiger partial charge in [0, 0.05) is 17.7 Å². The van der Waals surface area contributed by atoms with Crippen LogP contribution in [0.15, 0.2) is 0 Å². The van der Waals surface area contributed by atoms with Crippen LogP contribution in [0.4, 0.5) is 0 Å². The lowest BCUT2D eigenvalue weighted by molar-refractivity contribution is -0.124. The fourth-order valence-electron chi connectivity index (χ4n) is 1.45. The maximum absolute atomic E-state index is 11.5. The van der Waals surface area contributed by atoms with Crippen LogP contribution in [-0.2, 0) is 9.53 Å². The van der Waals surface area contributed by atoms with Gasteiger partial charge < -0.3 is 10.1 Å². The van der Waals surface area contributed by atoms with E-state index in [1.807, 2.05) is 13.8 Å². The Balaban J connectivity index is 2.41. The van der Waals surface area contributed by atoms with Crippen molar-refractivity contribution in [3.05, 3.63) is 0 Å². The SMILES string of the molecule is CC(CCl)C(=O)NC1COC(C)C1C. The van der Waals surface area contributed by atoms with Crippen LogP contribution < -0.4 is 5.32 Å². The molecule has 0 bridgehead atoms. The third-order valence-corrected chi connectivity index (χ3v) is 3.38. The molecule has 4 heteroatoms. The van der Waals surface area contributed by atoms with Crippen LogP contribution in [0.2, 0.25) is 0 Å². The summed E-state index contributed by atoms with van der Waals surface area (Å²) in [6, 6.07) is 0.142. The molecule has 0 spiro atoms. The van der Waals surface area contributed by atoms with Crippen molar-refractivity contribution in [2.75, 3.05) is 12.5 Å². The molecule has 0 aromatic rings. The molecule has 1 saturated heterocycles. The average molecular weight is 220 g/mol. The molecule has 0 aromatic carbocycles. The Labute approximate surface area is 90.1 Å². The topological polar surface area (TPSA) is 38.3 Å². The number of hydrogen-bond donors (Lipinski definition) is 1. The van der Waals surface area contributed by atoms with Crippen LogP contribution in [0, 0.1) is 11.8 Å². The summed E-state index contributed by atoms with van der Waals surface area (Å²) in [5, 5.41) is 2.96. The second-order valence-corrected chi connectivity index (χ2v) is 4.38. The normalized spacial score (nSPS) is 34.1. The highest BCUT2D eigenvalue weighted by Crippen LogP contribution is 2.20. The third kappa shape index (κ3) is 2.61. The van der Waals surface area contributed by atoms with E-state index >= 15 is 0 Å². The van der Waals surface area contributed by atoms with Crippen LogP contribution in [0.25, 0.3) is 0 Å². The van der Waals surface area contributed by atoms with E-state index in [4.69, 9.17) is 16.3 Å². The summed E-state index contributed by atoms with van der Waals surface area (Å²) in [4.78, 5) is 11.5. The largest absolute Gasteiger partial charge is 0.376 e. The van der Waals surface area contributed by atoms with Crippen molar-refractivity contribution in [1.82, 2.24) is 5.32 Å². The lowest BCUT2D eigenvalue weighted by Gasteiger charge is -2.18. The lowest BCUT2D eigenvalue weighted by atomic mass is 10.00. The van der Waals surface area contributed by atoms with Crippen LogP contribution in [0.5, 0.6) is 0 Å². The zero-order chi connectivity index (χ0) is 10.7. The highest BCUT2D eigenvalue weighted by Gasteiger charge is 2.32. The van der Waals surface area contributed by atoms with Crippen LogP contribution >= 0.6 is 11.6 Å². The van der Waals surface area contributed by atoms with E-state index in [2.05, 4.69) is 12.2 Å². The minimum Gasteiger partial charge on any atom is -0.376 e. The first-order chi connectivity index (χ1) is 6.56. The molecule has 82 valence electrons. The van der Waals surface area contributed by atoms with Gasteiger partial charge in [0.15, 0.2) is 0 Å². The number of nitrogens with one attached hydrogen (secondary N) is 1. The summed E-state index contributed by atoms with van der Waals surface area (Å²) in [5.74, 6) is 0.638. The number of alkyl halides is 1. The van der Waals surface area contributed by atoms with E-state index in [1.54, 1.807) is 0 Å². The Kier molecular flexibility index (Phi) is 4.20. The Morgan fingerprint density at radius 2 is 2.29 bits per heavy atom. The molecule has 1 amide bonds. The third-order valence-electron chi connectivity index (χ3n) is 2.92. The number of ether oxygens (including phenoxy) is 1. The predicted molar refractivity (Wildman–Crippen MR) is 56.4 cm³/mol. The number of rotatable bonds is 3. The van der Waals surface area contributed by atoms with Gasteiger partial charge >= 0.3 is 0 Å². The van der Waals surface area contributed by atoms with Gasteiger partial charge in [-0.05, 0) is 6.92 Å². The molecule has 1 heterocycles. The molecule has 1 N–H and O–H groups in total. The first-order valence-corrected chi connectivity index (χ1v) is 5.57. The Bertz CT molecular complexity index is 210. The van der Waals surface area contributed by atoms with Crippen LogP contribution in [0.3, 0.4) is 0 Å². The van der Waals surface area contributed by atoms with Crippen molar-refractivity contribution in [2.45, 2.75) is 32.9 Å². The molecule has 1 aliphatic heterocycles. The van der Waals surface area contributed by atoms with Crippen molar-refractivity contribution in [3.63, 3.8) is 0 Å². The van der Waals surface area contributed by atoms with Gasteiger partial charge in [-0.2, -0.15) is 0 Å². The molecule has 1 fully saturated rings. The molecule has 1 aliphatic rings. The molecule has 3 nitrogen and oxygen atoms in total. The molecule has 1 rings (SSSR count). The van der Waals surface area contributed by atoms with E-state index in [-0.39, 0.29) is 24.0 Å². The quantitative estimate of drug-likeness (QED) is 0.729. The van der Waals surface area contributed by atoms with Crippen molar-refractivity contribution in [1.29, 1.82) is 0 Å². The summed E-state index contributed by atoms with van der Waals surface area (Å²) in [6.07, 6.45) is 0.228. The molecular formula is C10H18ClNO2. The molecule has 0 radical (unpaired) electrons. The maximum atomic E-state index is 11.5. The number of carbonyl (C=O) groups excluding carboxylic acids is 1. The zero-order valence-electron chi connectivity index (χ0n) is 8.92. The van der Waals surface area contributed by atoms with Crippen LogP contribution in [-0.4, -0.2) is 30.5 Å². The summed E-state index contributed by atoms with van der Waals surface area (Å²) >= 11 is 5.61. The standard InChI is InChI=1S/C10H18ClNO2/c1-6(4-11)10(13)12-9-5-14-8(3)7(9)2/h6-9H,4-5H2,1-3H3,(H,12,13). The minimum absolute atomic E-state index is 0.0227. The highest BCUT2D eigenvalue weighted by molar-refractivity contribution is 6.19. The molecule has 0 aliphatic carbocycles. The van der Waals surface area contributed by atoms with E-state index < -0.39 is 0 Å². The molecular weight excluding hydrogens is 202 g/mol. The monoisotopic (exact) mass is 219 g/mol. The smallest absolute Gasteiger partial charge is 0.224 e. The van der Waals surface area contributed by atoms with Gasteiger partial charge in [-0.1, -0.05) is 13.8 Å². The number of carbonyl (C=O) groups is 1. The summed E-state index contributed by atoms with van der Waals surface area (Å²) in [5.41, 5.74) is 0. The minimum atomic E-state index is -0.125. The maximum Gasteiger partial charge on any atom is 0.224 e. The Morgan fingerprint density at radius 3 is 2.71 bits per heavy atom. The molecule has 4 atom stereocenters. The van der Waals surface area contributed by atoms with E-state index in [1.165, 1.54) is 0 Å². The van der Waals surface area contributed by atoms with Gasteiger partial charge in [-0.15, -0.1) is 11.6 Å². The molecule has 0 aromatic heterocycles. The second-order valence-electron chi connectivity index (χ2n) is 4.07. The zero-order valence-corrected chi connectivity index (χ0v) is 9.67. The highest BCUT2D eigenvalue weighted by atomic mass is 35.5. The van der Waals surface area contributed by atoms with Gasteiger partial charge in [0.05, 0.1) is 18.8 Å². The summed E-state index contributed by atoms with van der Waals surface area (Å²) < 4.78 is 5.44. The number of halogens is 1. The molecule has 0 saturated carbocycles. The van der Waals surface area contributed by atoms with Gasteiger partial charge in [-0.25, -0.2) is 0 Å². The fourth-order valence-corrected chi connectivity index (χ4v) is 1.59. The van der Waals surface area contributed by atoms with E-state index in [0.29, 0.717) is 18.4 Å². The first kappa shape index (κ1) is 11.8. The second kappa shape index (κ2) is 4.99. The Hall–Kier alpha value is -0.280. The van der Waals surface area contributed by atoms with Gasteiger partial charge in [0.1, 0.15) is 0 Å². The Morgan fingerprint density at radius 1 is 1.64 bits per heavy atom. The van der Waals surface area contributed by atoms with Gasteiger partial charge in [0.2, 0.25) is 5.91 Å². The van der Waals surface area contributed by atoms with Crippen LogP contribution in [0.1, 0.15) is 20.8 Å². The summed E-state index contributed by atoms with van der Waals surface area (Å²) in [7, 11) is 0. The number of amides is 1. The van der Waals surface area contributed by atoms with Crippen molar-refractivity contribution in [2.24, 2.45) is 11.8 Å². The average Bonchev–Trinajstić information content (AvgIpc) is 2.48. The molecule has 4 unspecified atom stereocenters. The lowest BCUT2D eigenvalue weighted by Crippen LogP contribution is -2.42. The fraction of sp³-hybridized carbons (Fsp3) is 0.900. The molecule has 14 heavy (non-hydrogen) atoms. The van der Waals surface area contributed by atoms with E-state index in [9.17, 15) is 4.79 Å². The van der Waals surface area contributed by atoms with Crippen molar-refractivity contribution >= 4 is 17.5 Å². The predicted octanol–water partition coefficient (Wildman–Crippen LogP) is 1.40. The van der Waals surface area contributed by atoms with Crippen molar-refractivity contribution in [3.8, 4) is 0 Å². The van der Waals surface area contributed by atoms with Gasteiger partial charge in [-0.3, -0.25) is 4.79 Å². The first-order valence-electron chi connectivity index (χ1n) is 5.04. The van der Waals surface area contributed by atoms with Crippen molar-refractivity contribution < 1.29 is 9.53 Å². The number of hydrogen-bond acceptors (Lipinski definition) is 2.